The van der Waals surface area contributed by atoms with Crippen molar-refractivity contribution in [3.05, 3.63) is 58.1 Å². The fraction of sp³-hybridized carbons (Fsp3) is 0.400. The standard InChI is InChI=1S/C20H23ClN2O/c1-13-10-15(21)6-7-17(13)23-9-8-22(2)18-11-14-4-3-5-20(24)16(14)12-19(18)23/h3-7,10,18-19,24H,8-9,11-12H2,1-2H3/t18-,19-/m1/s1. The Balaban J connectivity index is 1.74. The zero-order valence-electron chi connectivity index (χ0n) is 14.2. The molecule has 3 nitrogen and oxygen atoms in total. The summed E-state index contributed by atoms with van der Waals surface area (Å²) in [5, 5.41) is 11.1. The Hall–Kier alpha value is -1.71. The maximum absolute atomic E-state index is 10.3. The summed E-state index contributed by atoms with van der Waals surface area (Å²) in [4.78, 5) is 4.99. The molecule has 2 atom stereocenters. The molecule has 0 aromatic heterocycles. The fourth-order valence-electron chi connectivity index (χ4n) is 4.36. The van der Waals surface area contributed by atoms with E-state index in [0.29, 0.717) is 17.8 Å². The monoisotopic (exact) mass is 342 g/mol. The number of anilines is 1. The van der Waals surface area contributed by atoms with E-state index in [4.69, 9.17) is 11.6 Å². The van der Waals surface area contributed by atoms with Gasteiger partial charge in [0.2, 0.25) is 0 Å². The number of aromatic hydroxyl groups is 1. The number of aryl methyl sites for hydroxylation is 1. The predicted octanol–water partition coefficient (Wildman–Crippen LogP) is 3.64. The van der Waals surface area contributed by atoms with Gasteiger partial charge in [-0.25, -0.2) is 0 Å². The van der Waals surface area contributed by atoms with E-state index in [1.165, 1.54) is 16.8 Å². The van der Waals surface area contributed by atoms with Gasteiger partial charge in [0, 0.05) is 35.9 Å². The highest BCUT2D eigenvalue weighted by Gasteiger charge is 2.39. The van der Waals surface area contributed by atoms with Gasteiger partial charge < -0.3 is 10.0 Å². The third-order valence-corrected chi connectivity index (χ3v) is 5.90. The van der Waals surface area contributed by atoms with Crippen molar-refractivity contribution in [3.8, 4) is 5.75 Å². The molecule has 0 bridgehead atoms. The summed E-state index contributed by atoms with van der Waals surface area (Å²) in [7, 11) is 2.22. The highest BCUT2D eigenvalue weighted by atomic mass is 35.5. The van der Waals surface area contributed by atoms with Gasteiger partial charge in [0.1, 0.15) is 5.75 Å². The molecule has 126 valence electrons. The fourth-order valence-corrected chi connectivity index (χ4v) is 4.59. The lowest BCUT2D eigenvalue weighted by molar-refractivity contribution is 0.163. The molecule has 4 rings (SSSR count). The Morgan fingerprint density at radius 3 is 2.71 bits per heavy atom. The number of piperazine rings is 1. The lowest BCUT2D eigenvalue weighted by atomic mass is 9.81. The molecular formula is C20H23ClN2O. The summed E-state index contributed by atoms with van der Waals surface area (Å²) in [6.45, 7) is 4.18. The van der Waals surface area contributed by atoms with E-state index < -0.39 is 0 Å². The van der Waals surface area contributed by atoms with Crippen LogP contribution in [0, 0.1) is 6.92 Å². The van der Waals surface area contributed by atoms with Crippen LogP contribution in [0.5, 0.6) is 5.75 Å². The van der Waals surface area contributed by atoms with E-state index in [1.807, 2.05) is 24.3 Å². The average Bonchev–Trinajstić information content (AvgIpc) is 2.56. The number of halogens is 1. The number of hydrogen-bond donors (Lipinski definition) is 1. The number of fused-ring (bicyclic) bond motifs is 2. The lowest BCUT2D eigenvalue weighted by Crippen LogP contribution is -2.61. The molecule has 1 saturated heterocycles. The normalized spacial score (nSPS) is 23.7. The van der Waals surface area contributed by atoms with Crippen LogP contribution in [0.1, 0.15) is 16.7 Å². The minimum Gasteiger partial charge on any atom is -0.508 e. The van der Waals surface area contributed by atoms with E-state index in [0.717, 1.165) is 36.5 Å². The van der Waals surface area contributed by atoms with Crippen molar-refractivity contribution >= 4 is 17.3 Å². The van der Waals surface area contributed by atoms with Crippen molar-refractivity contribution in [1.29, 1.82) is 0 Å². The van der Waals surface area contributed by atoms with Crippen molar-refractivity contribution < 1.29 is 5.11 Å². The Kier molecular flexibility index (Phi) is 3.93. The summed E-state index contributed by atoms with van der Waals surface area (Å²) >= 11 is 6.14. The van der Waals surface area contributed by atoms with Gasteiger partial charge in [-0.1, -0.05) is 23.7 Å². The molecule has 0 amide bonds. The maximum Gasteiger partial charge on any atom is 0.119 e. The third kappa shape index (κ3) is 2.56. The first-order valence-electron chi connectivity index (χ1n) is 8.57. The number of rotatable bonds is 1. The van der Waals surface area contributed by atoms with Crippen LogP contribution in [0.3, 0.4) is 0 Å². The van der Waals surface area contributed by atoms with Crippen LogP contribution < -0.4 is 4.90 Å². The summed E-state index contributed by atoms with van der Waals surface area (Å²) in [6, 6.07) is 12.9. The zero-order valence-corrected chi connectivity index (χ0v) is 14.9. The summed E-state index contributed by atoms with van der Waals surface area (Å²) in [5.41, 5.74) is 4.89. The van der Waals surface area contributed by atoms with E-state index in [1.54, 1.807) is 0 Å². The quantitative estimate of drug-likeness (QED) is 0.857. The van der Waals surface area contributed by atoms with Crippen LogP contribution in [0.25, 0.3) is 0 Å². The highest BCUT2D eigenvalue weighted by molar-refractivity contribution is 6.30. The third-order valence-electron chi connectivity index (χ3n) is 5.66. The Labute approximate surface area is 148 Å². The first kappa shape index (κ1) is 15.8. The number of nitrogens with zero attached hydrogens (tertiary/aromatic N) is 2. The molecule has 2 aromatic rings. The van der Waals surface area contributed by atoms with Crippen molar-refractivity contribution in [3.63, 3.8) is 0 Å². The van der Waals surface area contributed by atoms with Crippen LogP contribution in [0.4, 0.5) is 5.69 Å². The Morgan fingerprint density at radius 1 is 1.08 bits per heavy atom. The van der Waals surface area contributed by atoms with E-state index in [2.05, 4.69) is 35.9 Å². The van der Waals surface area contributed by atoms with E-state index in [-0.39, 0.29) is 0 Å². The smallest absolute Gasteiger partial charge is 0.119 e. The van der Waals surface area contributed by atoms with Crippen LogP contribution in [0.2, 0.25) is 5.02 Å². The van der Waals surface area contributed by atoms with E-state index >= 15 is 0 Å². The highest BCUT2D eigenvalue weighted by Crippen LogP contribution is 2.37. The van der Waals surface area contributed by atoms with Gasteiger partial charge >= 0.3 is 0 Å². The number of likely N-dealkylation sites (N-methyl/N-ethyl adjacent to an activating group) is 1. The molecule has 4 heteroatoms. The molecule has 1 N–H and O–H groups in total. The predicted molar refractivity (Wildman–Crippen MR) is 99.3 cm³/mol. The second kappa shape index (κ2) is 5.98. The number of benzene rings is 2. The number of phenols is 1. The molecule has 0 radical (unpaired) electrons. The molecule has 24 heavy (non-hydrogen) atoms. The van der Waals surface area contributed by atoms with Gasteiger partial charge in [0.25, 0.3) is 0 Å². The van der Waals surface area contributed by atoms with Crippen LogP contribution in [-0.4, -0.2) is 42.2 Å². The number of phenolic OH excluding ortho intramolecular Hbond substituents is 1. The second-order valence-corrected chi connectivity index (χ2v) is 7.50. The number of hydrogen-bond acceptors (Lipinski definition) is 3. The van der Waals surface area contributed by atoms with Crippen LogP contribution in [-0.2, 0) is 12.8 Å². The Bertz CT molecular complexity index is 776. The van der Waals surface area contributed by atoms with Gasteiger partial charge in [-0.3, -0.25) is 4.90 Å². The molecule has 0 unspecified atom stereocenters. The molecular weight excluding hydrogens is 320 g/mol. The average molecular weight is 343 g/mol. The van der Waals surface area contributed by atoms with Crippen LogP contribution in [0.15, 0.2) is 36.4 Å². The van der Waals surface area contributed by atoms with Crippen molar-refractivity contribution in [2.75, 3.05) is 25.0 Å². The summed E-state index contributed by atoms with van der Waals surface area (Å²) in [5.74, 6) is 0.437. The van der Waals surface area contributed by atoms with Crippen LogP contribution >= 0.6 is 11.6 Å². The van der Waals surface area contributed by atoms with Gasteiger partial charge in [-0.15, -0.1) is 0 Å². The molecule has 1 fully saturated rings. The van der Waals surface area contributed by atoms with Crippen molar-refractivity contribution in [2.45, 2.75) is 31.8 Å². The van der Waals surface area contributed by atoms with Gasteiger partial charge in [0.15, 0.2) is 0 Å². The molecule has 0 spiro atoms. The molecule has 2 aliphatic rings. The Morgan fingerprint density at radius 2 is 1.92 bits per heavy atom. The minimum absolute atomic E-state index is 0.379. The lowest BCUT2D eigenvalue weighted by Gasteiger charge is -2.50. The molecule has 2 aromatic carbocycles. The molecule has 1 heterocycles. The SMILES string of the molecule is Cc1cc(Cl)ccc1N1CCN(C)[C@@H]2Cc3cccc(O)c3C[C@H]21. The van der Waals surface area contributed by atoms with Crippen molar-refractivity contribution in [2.24, 2.45) is 0 Å². The first-order chi connectivity index (χ1) is 11.5. The largest absolute Gasteiger partial charge is 0.508 e. The van der Waals surface area contributed by atoms with Gasteiger partial charge in [-0.2, -0.15) is 0 Å². The topological polar surface area (TPSA) is 26.7 Å². The molecule has 1 aliphatic carbocycles. The first-order valence-corrected chi connectivity index (χ1v) is 8.95. The summed E-state index contributed by atoms with van der Waals surface area (Å²) in [6.07, 6.45) is 1.88. The second-order valence-electron chi connectivity index (χ2n) is 7.06. The zero-order chi connectivity index (χ0) is 16.8. The molecule has 1 aliphatic heterocycles. The summed E-state index contributed by atoms with van der Waals surface area (Å²) < 4.78 is 0. The van der Waals surface area contributed by atoms with Gasteiger partial charge in [0.05, 0.1) is 0 Å². The maximum atomic E-state index is 10.3. The minimum atomic E-state index is 0.379. The van der Waals surface area contributed by atoms with E-state index in [9.17, 15) is 5.11 Å². The van der Waals surface area contributed by atoms with Gasteiger partial charge in [-0.05, 0) is 67.8 Å². The van der Waals surface area contributed by atoms with Crippen molar-refractivity contribution in [1.82, 2.24) is 4.90 Å². The molecule has 0 saturated carbocycles.